The van der Waals surface area contributed by atoms with E-state index in [1.54, 1.807) is 25.1 Å². The van der Waals surface area contributed by atoms with Crippen molar-refractivity contribution in [1.82, 2.24) is 0 Å². The molecular weight excluding hydrogens is 392 g/mol. The van der Waals surface area contributed by atoms with E-state index >= 15 is 0 Å². The third-order valence-corrected chi connectivity index (χ3v) is 4.75. The number of hydrogen-bond acceptors (Lipinski definition) is 7. The summed E-state index contributed by atoms with van der Waals surface area (Å²) in [6, 6.07) is 7.06. The summed E-state index contributed by atoms with van der Waals surface area (Å²) in [5.41, 5.74) is 6.32. The van der Waals surface area contributed by atoms with Crippen LogP contribution in [-0.4, -0.2) is 6.79 Å². The van der Waals surface area contributed by atoms with Crippen LogP contribution in [-0.2, 0) is 0 Å². The van der Waals surface area contributed by atoms with Crippen LogP contribution >= 0.6 is 15.9 Å². The fourth-order valence-electron chi connectivity index (χ4n) is 2.98. The Kier molecular flexibility index (Phi) is 3.47. The van der Waals surface area contributed by atoms with Crippen molar-refractivity contribution in [3.8, 4) is 23.3 Å². The van der Waals surface area contributed by atoms with E-state index in [2.05, 4.69) is 15.9 Å². The van der Waals surface area contributed by atoms with Gasteiger partial charge < -0.3 is 24.4 Å². The zero-order valence-electron chi connectivity index (χ0n) is 13.0. The van der Waals surface area contributed by atoms with Crippen LogP contribution in [0.4, 0.5) is 0 Å². The molecule has 0 aliphatic carbocycles. The molecule has 1 aromatic heterocycles. The van der Waals surface area contributed by atoms with Crippen LogP contribution in [0.5, 0.6) is 17.2 Å². The third-order valence-electron chi connectivity index (χ3n) is 4.06. The number of ether oxygens (including phenoxy) is 3. The summed E-state index contributed by atoms with van der Waals surface area (Å²) in [5.74, 6) is 0.984. The predicted octanol–water partition coefficient (Wildman–Crippen LogP) is 2.66. The summed E-state index contributed by atoms with van der Waals surface area (Å²) in [6.07, 6.45) is 0. The monoisotopic (exact) mass is 402 g/mol. The first-order valence-corrected chi connectivity index (χ1v) is 8.10. The highest BCUT2D eigenvalue weighted by Gasteiger charge is 2.36. The van der Waals surface area contributed by atoms with Gasteiger partial charge in [0.1, 0.15) is 23.2 Å². The van der Waals surface area contributed by atoms with Crippen LogP contribution in [0.1, 0.15) is 22.8 Å². The number of aryl methyl sites for hydroxylation is 1. The molecule has 7 nitrogen and oxygen atoms in total. The number of hydrogen-bond donors (Lipinski definition) is 1. The van der Waals surface area contributed by atoms with Crippen LogP contribution in [0.15, 0.2) is 43.3 Å². The van der Waals surface area contributed by atoms with E-state index in [4.69, 9.17) is 24.4 Å². The highest BCUT2D eigenvalue weighted by atomic mass is 79.9. The van der Waals surface area contributed by atoms with Gasteiger partial charge in [0.2, 0.25) is 12.7 Å². The first kappa shape index (κ1) is 15.6. The molecule has 4 rings (SSSR count). The van der Waals surface area contributed by atoms with E-state index in [9.17, 15) is 10.1 Å². The van der Waals surface area contributed by atoms with Gasteiger partial charge in [0, 0.05) is 10.5 Å². The molecule has 25 heavy (non-hydrogen) atoms. The summed E-state index contributed by atoms with van der Waals surface area (Å²) < 4.78 is 22.1. The molecule has 2 N–H and O–H groups in total. The molecule has 8 heteroatoms. The number of nitrogens with two attached hydrogens (primary N) is 1. The number of rotatable bonds is 1. The molecule has 126 valence electrons. The molecule has 0 saturated carbocycles. The van der Waals surface area contributed by atoms with Gasteiger partial charge in [0.15, 0.2) is 11.5 Å². The van der Waals surface area contributed by atoms with E-state index in [-0.39, 0.29) is 29.6 Å². The lowest BCUT2D eigenvalue weighted by Crippen LogP contribution is -2.26. The summed E-state index contributed by atoms with van der Waals surface area (Å²) in [6.45, 7) is 1.75. The van der Waals surface area contributed by atoms with Crippen LogP contribution < -0.4 is 25.6 Å². The molecule has 0 amide bonds. The molecule has 2 aromatic rings. The van der Waals surface area contributed by atoms with Crippen molar-refractivity contribution in [2.45, 2.75) is 12.8 Å². The van der Waals surface area contributed by atoms with Gasteiger partial charge in [-0.3, -0.25) is 0 Å². The Morgan fingerprint density at radius 1 is 1.24 bits per heavy atom. The smallest absolute Gasteiger partial charge is 0.343 e. The second-order valence-corrected chi connectivity index (χ2v) is 6.43. The van der Waals surface area contributed by atoms with Gasteiger partial charge in [-0.25, -0.2) is 4.79 Å². The maximum absolute atomic E-state index is 12.5. The van der Waals surface area contributed by atoms with Gasteiger partial charge >= 0.3 is 5.63 Å². The minimum absolute atomic E-state index is 0.0467. The number of nitriles is 1. The first-order valence-electron chi connectivity index (χ1n) is 7.31. The van der Waals surface area contributed by atoms with Crippen molar-refractivity contribution < 1.29 is 18.6 Å². The van der Waals surface area contributed by atoms with Crippen molar-refractivity contribution in [2.75, 3.05) is 6.79 Å². The average molecular weight is 403 g/mol. The lowest BCUT2D eigenvalue weighted by atomic mass is 9.84. The predicted molar refractivity (Wildman–Crippen MR) is 89.3 cm³/mol. The van der Waals surface area contributed by atoms with Crippen molar-refractivity contribution in [3.63, 3.8) is 0 Å². The molecule has 0 bridgehead atoms. The molecule has 3 heterocycles. The third kappa shape index (κ3) is 2.36. The van der Waals surface area contributed by atoms with Gasteiger partial charge in [0.25, 0.3) is 0 Å². The summed E-state index contributed by atoms with van der Waals surface area (Å²) >= 11 is 3.47. The summed E-state index contributed by atoms with van der Waals surface area (Å²) in [5, 5.41) is 9.58. The van der Waals surface area contributed by atoms with Gasteiger partial charge in [-0.1, -0.05) is 15.9 Å². The standard InChI is InChI=1S/C17H11BrN2O5/c1-7-2-13-15(17(21)24-7)14(9(5-19)16(20)25-13)8-3-11-12(4-10(8)18)23-6-22-11/h2-4,14H,6,20H2,1H3. The molecule has 0 spiro atoms. The Morgan fingerprint density at radius 2 is 1.96 bits per heavy atom. The number of fused-ring (bicyclic) bond motifs is 2. The van der Waals surface area contributed by atoms with E-state index in [0.29, 0.717) is 27.3 Å². The van der Waals surface area contributed by atoms with E-state index in [1.807, 2.05) is 6.07 Å². The van der Waals surface area contributed by atoms with Gasteiger partial charge in [-0.15, -0.1) is 0 Å². The molecule has 1 unspecified atom stereocenters. The number of allylic oxidation sites excluding steroid dienone is 1. The summed E-state index contributed by atoms with van der Waals surface area (Å²) in [7, 11) is 0. The Balaban J connectivity index is 2.01. The Morgan fingerprint density at radius 3 is 2.68 bits per heavy atom. The molecule has 2 aliphatic rings. The number of nitrogens with zero attached hydrogens (tertiary/aromatic N) is 1. The second-order valence-electron chi connectivity index (χ2n) is 5.57. The fourth-order valence-corrected chi connectivity index (χ4v) is 3.53. The lowest BCUT2D eigenvalue weighted by Gasteiger charge is -2.26. The molecule has 1 aromatic carbocycles. The van der Waals surface area contributed by atoms with Crippen molar-refractivity contribution in [3.05, 3.63) is 61.4 Å². The zero-order valence-corrected chi connectivity index (χ0v) is 14.5. The topological polar surface area (TPSA) is 108 Å². The SMILES string of the molecule is Cc1cc2c(c(=O)o1)C(c1cc3c(cc1Br)OCO3)C(C#N)=C(N)O2. The van der Waals surface area contributed by atoms with E-state index in [0.717, 1.165) is 0 Å². The first-order chi connectivity index (χ1) is 12.0. The normalized spacial score (nSPS) is 17.7. The molecule has 1 atom stereocenters. The van der Waals surface area contributed by atoms with Gasteiger partial charge in [-0.05, 0) is 24.6 Å². The molecule has 0 saturated heterocycles. The highest BCUT2D eigenvalue weighted by Crippen LogP contribution is 2.46. The Hall–Kier alpha value is -2.92. The van der Waals surface area contributed by atoms with Gasteiger partial charge in [0.05, 0.1) is 11.5 Å². The van der Waals surface area contributed by atoms with Crippen molar-refractivity contribution in [1.29, 1.82) is 5.26 Å². The minimum Gasteiger partial charge on any atom is -0.454 e. The van der Waals surface area contributed by atoms with Crippen LogP contribution in [0.25, 0.3) is 0 Å². The molecule has 0 radical (unpaired) electrons. The van der Waals surface area contributed by atoms with Crippen molar-refractivity contribution in [2.24, 2.45) is 5.73 Å². The highest BCUT2D eigenvalue weighted by molar-refractivity contribution is 9.10. The Bertz CT molecular complexity index is 1030. The van der Waals surface area contributed by atoms with Crippen LogP contribution in [0.2, 0.25) is 0 Å². The van der Waals surface area contributed by atoms with Crippen LogP contribution in [0.3, 0.4) is 0 Å². The second kappa shape index (κ2) is 5.57. The number of halogens is 1. The number of benzene rings is 1. The summed E-state index contributed by atoms with van der Waals surface area (Å²) in [4.78, 5) is 12.5. The molecule has 2 aliphatic heterocycles. The largest absolute Gasteiger partial charge is 0.454 e. The van der Waals surface area contributed by atoms with Gasteiger partial charge in [-0.2, -0.15) is 5.26 Å². The lowest BCUT2D eigenvalue weighted by molar-refractivity contribution is 0.174. The van der Waals surface area contributed by atoms with E-state index in [1.165, 1.54) is 0 Å². The quantitative estimate of drug-likeness (QED) is 0.780. The van der Waals surface area contributed by atoms with E-state index < -0.39 is 11.5 Å². The minimum atomic E-state index is -0.741. The molecular formula is C17H11BrN2O5. The Labute approximate surface area is 150 Å². The zero-order chi connectivity index (χ0) is 17.7. The maximum Gasteiger partial charge on any atom is 0.343 e. The fraction of sp³-hybridized carbons (Fsp3) is 0.176. The average Bonchev–Trinajstić information content (AvgIpc) is 2.99. The molecule has 0 fully saturated rings. The van der Waals surface area contributed by atoms with Crippen molar-refractivity contribution >= 4 is 15.9 Å². The maximum atomic E-state index is 12.5. The van der Waals surface area contributed by atoms with Crippen LogP contribution in [0, 0.1) is 18.3 Å².